The Balaban J connectivity index is 1.46. The smallest absolute Gasteiger partial charge is 0.445 e. The molecular formula is C22H22BN3O6S. The van der Waals surface area contributed by atoms with Crippen LogP contribution in [0.1, 0.15) is 16.7 Å². The molecule has 170 valence electrons. The summed E-state index contributed by atoms with van der Waals surface area (Å²) < 4.78 is 39.0. The van der Waals surface area contributed by atoms with Crippen molar-refractivity contribution in [3.63, 3.8) is 0 Å². The van der Waals surface area contributed by atoms with E-state index in [2.05, 4.69) is 10.0 Å². The lowest BCUT2D eigenvalue weighted by Gasteiger charge is -2.14. The summed E-state index contributed by atoms with van der Waals surface area (Å²) in [5, 5.41) is 12.4. The number of fused-ring (bicyclic) bond motifs is 1. The number of nitrogens with two attached hydrogens (primary N) is 1. The van der Waals surface area contributed by atoms with Gasteiger partial charge in [-0.1, -0.05) is 36.4 Å². The van der Waals surface area contributed by atoms with Gasteiger partial charge in [-0.3, -0.25) is 4.72 Å². The van der Waals surface area contributed by atoms with Gasteiger partial charge in [0.15, 0.2) is 0 Å². The van der Waals surface area contributed by atoms with Crippen LogP contribution in [0.3, 0.4) is 0 Å². The monoisotopic (exact) mass is 467 g/mol. The fraction of sp³-hybridized carbons (Fsp3) is 0.136. The highest BCUT2D eigenvalue weighted by Crippen LogP contribution is 2.23. The maximum Gasteiger partial charge on any atom is 0.491 e. The standard InChI is InChI=1S/C22H22BN3O6S/c24-18-7-9-21(17(10-18)12-25-22(27)31-13-15-4-2-1-3-5-15)33(29,30)26-19-8-6-16-14-32-23(28)20(16)11-19/h1-11,26,28H,12-14,24H2,(H,25,27). The van der Waals surface area contributed by atoms with Crippen molar-refractivity contribution in [1.29, 1.82) is 0 Å². The van der Waals surface area contributed by atoms with Crippen molar-refractivity contribution in [3.8, 4) is 0 Å². The zero-order chi connectivity index (χ0) is 23.4. The highest BCUT2D eigenvalue weighted by Gasteiger charge is 2.28. The fourth-order valence-corrected chi connectivity index (χ4v) is 4.70. The number of benzene rings is 3. The Labute approximate surface area is 191 Å². The number of ether oxygens (including phenoxy) is 1. The summed E-state index contributed by atoms with van der Waals surface area (Å²) in [4.78, 5) is 12.1. The maximum atomic E-state index is 13.1. The van der Waals surface area contributed by atoms with Crippen molar-refractivity contribution in [3.05, 3.63) is 83.4 Å². The fourth-order valence-electron chi connectivity index (χ4n) is 3.43. The molecule has 0 unspecified atom stereocenters. The van der Waals surface area contributed by atoms with E-state index >= 15 is 0 Å². The van der Waals surface area contributed by atoms with Gasteiger partial charge in [-0.05, 0) is 52.5 Å². The van der Waals surface area contributed by atoms with Crippen molar-refractivity contribution in [2.45, 2.75) is 24.7 Å². The van der Waals surface area contributed by atoms with Crippen molar-refractivity contribution < 1.29 is 27.6 Å². The Kier molecular flexibility index (Phi) is 6.54. The number of rotatable bonds is 7. The third-order valence-electron chi connectivity index (χ3n) is 5.07. The Morgan fingerprint density at radius 2 is 1.91 bits per heavy atom. The first-order chi connectivity index (χ1) is 15.8. The van der Waals surface area contributed by atoms with E-state index in [1.807, 2.05) is 30.3 Å². The van der Waals surface area contributed by atoms with Crippen molar-refractivity contribution in [2.24, 2.45) is 0 Å². The molecule has 0 atom stereocenters. The van der Waals surface area contributed by atoms with E-state index in [-0.39, 0.29) is 30.3 Å². The van der Waals surface area contributed by atoms with Gasteiger partial charge in [-0.15, -0.1) is 0 Å². The van der Waals surface area contributed by atoms with E-state index in [0.29, 0.717) is 16.7 Å². The lowest BCUT2D eigenvalue weighted by atomic mass is 9.79. The van der Waals surface area contributed by atoms with Gasteiger partial charge in [0.25, 0.3) is 10.0 Å². The van der Waals surface area contributed by atoms with Crippen LogP contribution in [0.15, 0.2) is 71.6 Å². The summed E-state index contributed by atoms with van der Waals surface area (Å²) in [5.41, 5.74) is 8.88. The minimum Gasteiger partial charge on any atom is -0.445 e. The first-order valence-electron chi connectivity index (χ1n) is 10.1. The summed E-state index contributed by atoms with van der Waals surface area (Å²) in [6.45, 7) is 0.244. The molecule has 1 aliphatic rings. The largest absolute Gasteiger partial charge is 0.491 e. The molecule has 3 aromatic carbocycles. The number of nitrogen functional groups attached to an aromatic ring is 1. The zero-order valence-corrected chi connectivity index (χ0v) is 18.3. The van der Waals surface area contributed by atoms with Gasteiger partial charge in [-0.2, -0.15) is 0 Å². The molecule has 0 radical (unpaired) electrons. The molecule has 0 fully saturated rings. The number of alkyl carbamates (subject to hydrolysis) is 1. The van der Waals surface area contributed by atoms with Crippen LogP contribution in [-0.4, -0.2) is 26.7 Å². The molecule has 1 aliphatic heterocycles. The minimum atomic E-state index is -4.02. The van der Waals surface area contributed by atoms with Gasteiger partial charge >= 0.3 is 13.2 Å². The molecular weight excluding hydrogens is 445 g/mol. The Bertz CT molecular complexity index is 1270. The van der Waals surface area contributed by atoms with Gasteiger partial charge in [0.05, 0.1) is 11.5 Å². The number of anilines is 2. The number of amides is 1. The van der Waals surface area contributed by atoms with Crippen LogP contribution in [0.5, 0.6) is 0 Å². The molecule has 4 rings (SSSR count). The molecule has 5 N–H and O–H groups in total. The van der Waals surface area contributed by atoms with E-state index in [1.54, 1.807) is 12.1 Å². The summed E-state index contributed by atoms with van der Waals surface area (Å²) in [5.74, 6) is 0. The van der Waals surface area contributed by atoms with E-state index in [0.717, 1.165) is 11.1 Å². The first kappa shape index (κ1) is 22.7. The number of carbonyl (C=O) groups is 1. The van der Waals surface area contributed by atoms with Crippen LogP contribution in [-0.2, 0) is 39.2 Å². The quantitative estimate of drug-likeness (QED) is 0.306. The molecule has 3 aromatic rings. The van der Waals surface area contributed by atoms with Crippen LogP contribution in [0.4, 0.5) is 16.2 Å². The molecule has 1 heterocycles. The molecule has 1 amide bonds. The Hall–Kier alpha value is -3.54. The summed E-state index contributed by atoms with van der Waals surface area (Å²) in [6, 6.07) is 18.3. The predicted molar refractivity (Wildman–Crippen MR) is 124 cm³/mol. The highest BCUT2D eigenvalue weighted by atomic mass is 32.2. The average Bonchev–Trinajstić information content (AvgIpc) is 3.16. The predicted octanol–water partition coefficient (Wildman–Crippen LogP) is 1.71. The maximum absolute atomic E-state index is 13.1. The lowest BCUT2D eigenvalue weighted by Crippen LogP contribution is -2.28. The molecule has 11 heteroatoms. The number of carbonyl (C=O) groups excluding carboxylic acids is 1. The molecule has 0 aromatic heterocycles. The first-order valence-corrected chi connectivity index (χ1v) is 11.6. The second-order valence-corrected chi connectivity index (χ2v) is 9.12. The van der Waals surface area contributed by atoms with Crippen molar-refractivity contribution in [2.75, 3.05) is 10.5 Å². The van der Waals surface area contributed by atoms with Gasteiger partial charge < -0.3 is 25.5 Å². The molecule has 0 spiro atoms. The van der Waals surface area contributed by atoms with Gasteiger partial charge in [-0.25, -0.2) is 13.2 Å². The summed E-state index contributed by atoms with van der Waals surface area (Å²) in [7, 11) is -5.11. The molecule has 0 aliphatic carbocycles. The van der Waals surface area contributed by atoms with Crippen molar-refractivity contribution in [1.82, 2.24) is 5.32 Å². The number of sulfonamides is 1. The van der Waals surface area contributed by atoms with E-state index in [4.69, 9.17) is 15.1 Å². The highest BCUT2D eigenvalue weighted by molar-refractivity contribution is 7.92. The molecule has 0 saturated heterocycles. The van der Waals surface area contributed by atoms with Gasteiger partial charge in [0.1, 0.15) is 6.61 Å². The lowest BCUT2D eigenvalue weighted by molar-refractivity contribution is 0.139. The van der Waals surface area contributed by atoms with Gasteiger partial charge in [0, 0.05) is 17.9 Å². The van der Waals surface area contributed by atoms with E-state index in [1.165, 1.54) is 24.3 Å². The third kappa shape index (κ3) is 5.45. The van der Waals surface area contributed by atoms with Crippen LogP contribution in [0, 0.1) is 0 Å². The number of hydrogen-bond acceptors (Lipinski definition) is 7. The SMILES string of the molecule is Nc1ccc(S(=O)(=O)Nc2ccc3c(c2)B(O)OC3)c(CNC(=O)OCc2ccccc2)c1. The van der Waals surface area contributed by atoms with Crippen LogP contribution < -0.4 is 21.2 Å². The Morgan fingerprint density at radius 3 is 2.70 bits per heavy atom. The average molecular weight is 467 g/mol. The molecule has 33 heavy (non-hydrogen) atoms. The molecule has 0 bridgehead atoms. The summed E-state index contributed by atoms with van der Waals surface area (Å²) in [6.07, 6.45) is -0.690. The van der Waals surface area contributed by atoms with Crippen molar-refractivity contribution >= 4 is 40.1 Å². The van der Waals surface area contributed by atoms with Crippen LogP contribution in [0.25, 0.3) is 0 Å². The molecule has 0 saturated carbocycles. The van der Waals surface area contributed by atoms with Gasteiger partial charge in [0.2, 0.25) is 0 Å². The zero-order valence-electron chi connectivity index (χ0n) is 17.5. The number of nitrogens with one attached hydrogen (secondary N) is 2. The second kappa shape index (κ2) is 9.53. The minimum absolute atomic E-state index is 0.0441. The Morgan fingerprint density at radius 1 is 1.12 bits per heavy atom. The second-order valence-electron chi connectivity index (χ2n) is 7.46. The summed E-state index contributed by atoms with van der Waals surface area (Å²) >= 11 is 0. The topological polar surface area (TPSA) is 140 Å². The molecule has 9 nitrogen and oxygen atoms in total. The number of hydrogen-bond donors (Lipinski definition) is 4. The van der Waals surface area contributed by atoms with E-state index in [9.17, 15) is 18.2 Å². The normalized spacial score (nSPS) is 12.8. The van der Waals surface area contributed by atoms with Crippen LogP contribution >= 0.6 is 0 Å². The third-order valence-corrected chi connectivity index (χ3v) is 6.55. The van der Waals surface area contributed by atoms with E-state index < -0.39 is 23.2 Å². The van der Waals surface area contributed by atoms with Crippen LogP contribution in [0.2, 0.25) is 0 Å².